The van der Waals surface area contributed by atoms with Crippen molar-refractivity contribution in [2.24, 2.45) is 0 Å². The number of sulfonamides is 1. The van der Waals surface area contributed by atoms with Gasteiger partial charge in [-0.15, -0.1) is 0 Å². The first kappa shape index (κ1) is 13.2. The van der Waals surface area contributed by atoms with E-state index in [0.29, 0.717) is 0 Å². The van der Waals surface area contributed by atoms with Gasteiger partial charge in [-0.25, -0.2) is 13.1 Å². The second kappa shape index (κ2) is 5.43. The summed E-state index contributed by atoms with van der Waals surface area (Å²) in [5.41, 5.74) is 1.83. The standard InChI is InChI=1S/C11H17NO3S/c1-9-3-5-11(6-4-9)8-16(14,15)12-10(2)7-13/h3-6,10,12-13H,7-8H2,1-2H3/t10-/m0/s1. The van der Waals surface area contributed by atoms with Crippen LogP contribution in [0.25, 0.3) is 0 Å². The van der Waals surface area contributed by atoms with Crippen LogP contribution in [0.15, 0.2) is 24.3 Å². The van der Waals surface area contributed by atoms with Crippen LogP contribution in [0.1, 0.15) is 18.1 Å². The van der Waals surface area contributed by atoms with Gasteiger partial charge in [-0.3, -0.25) is 0 Å². The number of hydrogen-bond acceptors (Lipinski definition) is 3. The van der Waals surface area contributed by atoms with Crippen molar-refractivity contribution in [3.05, 3.63) is 35.4 Å². The van der Waals surface area contributed by atoms with Gasteiger partial charge >= 0.3 is 0 Å². The molecule has 2 N–H and O–H groups in total. The van der Waals surface area contributed by atoms with Crippen LogP contribution in [0.4, 0.5) is 0 Å². The molecule has 0 aliphatic carbocycles. The zero-order valence-corrected chi connectivity index (χ0v) is 10.3. The van der Waals surface area contributed by atoms with E-state index in [0.717, 1.165) is 11.1 Å². The van der Waals surface area contributed by atoms with Crippen molar-refractivity contribution in [1.82, 2.24) is 4.72 Å². The molecular weight excluding hydrogens is 226 g/mol. The third-order valence-electron chi connectivity index (χ3n) is 2.13. The fourth-order valence-corrected chi connectivity index (χ4v) is 2.69. The molecule has 0 saturated carbocycles. The van der Waals surface area contributed by atoms with Crippen molar-refractivity contribution < 1.29 is 13.5 Å². The maximum Gasteiger partial charge on any atom is 0.216 e. The van der Waals surface area contributed by atoms with E-state index in [1.165, 1.54) is 0 Å². The molecule has 1 aromatic rings. The van der Waals surface area contributed by atoms with Crippen LogP contribution >= 0.6 is 0 Å². The number of rotatable bonds is 5. The van der Waals surface area contributed by atoms with Crippen LogP contribution in [-0.4, -0.2) is 26.2 Å². The molecule has 0 fully saturated rings. The Morgan fingerprint density at radius 1 is 1.31 bits per heavy atom. The minimum atomic E-state index is -3.37. The largest absolute Gasteiger partial charge is 0.395 e. The molecule has 1 atom stereocenters. The van der Waals surface area contributed by atoms with E-state index in [4.69, 9.17) is 5.11 Å². The van der Waals surface area contributed by atoms with E-state index in [1.54, 1.807) is 19.1 Å². The van der Waals surface area contributed by atoms with Gasteiger partial charge in [0.25, 0.3) is 0 Å². The SMILES string of the molecule is Cc1ccc(CS(=O)(=O)N[C@@H](C)CO)cc1. The molecular formula is C11H17NO3S. The first-order valence-corrected chi connectivity index (χ1v) is 6.74. The van der Waals surface area contributed by atoms with Gasteiger partial charge in [0.15, 0.2) is 0 Å². The predicted molar refractivity (Wildman–Crippen MR) is 63.5 cm³/mol. The highest BCUT2D eigenvalue weighted by molar-refractivity contribution is 7.88. The Labute approximate surface area is 96.4 Å². The van der Waals surface area contributed by atoms with Gasteiger partial charge in [-0.2, -0.15) is 0 Å². The number of benzene rings is 1. The van der Waals surface area contributed by atoms with E-state index >= 15 is 0 Å². The average Bonchev–Trinajstić information content (AvgIpc) is 2.20. The van der Waals surface area contributed by atoms with Gasteiger partial charge in [0.1, 0.15) is 0 Å². The van der Waals surface area contributed by atoms with Gasteiger partial charge in [0, 0.05) is 6.04 Å². The normalized spacial score (nSPS) is 13.7. The highest BCUT2D eigenvalue weighted by atomic mass is 32.2. The molecule has 0 aliphatic heterocycles. The fourth-order valence-electron chi connectivity index (χ4n) is 1.29. The van der Waals surface area contributed by atoms with Crippen molar-refractivity contribution in [2.75, 3.05) is 6.61 Å². The van der Waals surface area contributed by atoms with Gasteiger partial charge in [-0.1, -0.05) is 29.8 Å². The monoisotopic (exact) mass is 243 g/mol. The van der Waals surface area contributed by atoms with Gasteiger partial charge in [0.2, 0.25) is 10.0 Å². The zero-order valence-electron chi connectivity index (χ0n) is 9.47. The second-order valence-electron chi connectivity index (χ2n) is 3.95. The number of aliphatic hydroxyl groups is 1. The molecule has 0 amide bonds. The Bertz CT molecular complexity index is 425. The topological polar surface area (TPSA) is 66.4 Å². The fraction of sp³-hybridized carbons (Fsp3) is 0.455. The first-order valence-electron chi connectivity index (χ1n) is 5.09. The summed E-state index contributed by atoms with van der Waals surface area (Å²) < 4.78 is 25.7. The lowest BCUT2D eigenvalue weighted by Gasteiger charge is -2.11. The molecule has 90 valence electrons. The summed E-state index contributed by atoms with van der Waals surface area (Å²) in [7, 11) is -3.37. The Hall–Kier alpha value is -0.910. The molecule has 16 heavy (non-hydrogen) atoms. The van der Waals surface area contributed by atoms with E-state index in [9.17, 15) is 8.42 Å². The highest BCUT2D eigenvalue weighted by Crippen LogP contribution is 2.07. The molecule has 1 aromatic carbocycles. The minimum absolute atomic E-state index is 0.0579. The summed E-state index contributed by atoms with van der Waals surface area (Å²) >= 11 is 0. The molecule has 0 aromatic heterocycles. The van der Waals surface area contributed by atoms with Crippen LogP contribution in [0, 0.1) is 6.92 Å². The smallest absolute Gasteiger partial charge is 0.216 e. The van der Waals surface area contributed by atoms with Crippen molar-refractivity contribution in [3.63, 3.8) is 0 Å². The number of nitrogens with one attached hydrogen (secondary N) is 1. The Morgan fingerprint density at radius 3 is 2.38 bits per heavy atom. The third kappa shape index (κ3) is 4.30. The second-order valence-corrected chi connectivity index (χ2v) is 5.70. The van der Waals surface area contributed by atoms with Crippen molar-refractivity contribution >= 4 is 10.0 Å². The van der Waals surface area contributed by atoms with E-state index < -0.39 is 16.1 Å². The summed E-state index contributed by atoms with van der Waals surface area (Å²) in [6.45, 7) is 3.37. The lowest BCUT2D eigenvalue weighted by atomic mass is 10.2. The van der Waals surface area contributed by atoms with E-state index in [1.807, 2.05) is 19.1 Å². The average molecular weight is 243 g/mol. The van der Waals surface area contributed by atoms with Crippen LogP contribution < -0.4 is 4.72 Å². The van der Waals surface area contributed by atoms with Crippen molar-refractivity contribution in [2.45, 2.75) is 25.6 Å². The quantitative estimate of drug-likeness (QED) is 0.803. The molecule has 0 aliphatic rings. The van der Waals surface area contributed by atoms with Gasteiger partial charge in [0.05, 0.1) is 12.4 Å². The minimum Gasteiger partial charge on any atom is -0.395 e. The summed E-state index contributed by atoms with van der Waals surface area (Å²) in [4.78, 5) is 0. The Morgan fingerprint density at radius 2 is 1.88 bits per heavy atom. The number of aliphatic hydroxyl groups excluding tert-OH is 1. The Kier molecular flexibility index (Phi) is 4.46. The zero-order chi connectivity index (χ0) is 12.2. The Balaban J connectivity index is 2.69. The van der Waals surface area contributed by atoms with Crippen molar-refractivity contribution in [1.29, 1.82) is 0 Å². The van der Waals surface area contributed by atoms with Crippen LogP contribution in [-0.2, 0) is 15.8 Å². The maximum absolute atomic E-state index is 11.6. The summed E-state index contributed by atoms with van der Waals surface area (Å²) in [5, 5.41) is 8.77. The van der Waals surface area contributed by atoms with Gasteiger partial charge in [-0.05, 0) is 19.4 Å². The van der Waals surface area contributed by atoms with E-state index in [2.05, 4.69) is 4.72 Å². The molecule has 0 unspecified atom stereocenters. The highest BCUT2D eigenvalue weighted by Gasteiger charge is 2.14. The molecule has 0 heterocycles. The molecule has 4 nitrogen and oxygen atoms in total. The molecule has 0 bridgehead atoms. The van der Waals surface area contributed by atoms with Crippen molar-refractivity contribution in [3.8, 4) is 0 Å². The number of aryl methyl sites for hydroxylation is 1. The molecule has 1 rings (SSSR count). The predicted octanol–water partition coefficient (Wildman–Crippen LogP) is 0.795. The molecule has 0 radical (unpaired) electrons. The number of hydrogen-bond donors (Lipinski definition) is 2. The molecule has 5 heteroatoms. The maximum atomic E-state index is 11.6. The third-order valence-corrected chi connectivity index (χ3v) is 3.61. The summed E-state index contributed by atoms with van der Waals surface area (Å²) in [6, 6.07) is 6.88. The molecule has 0 saturated heterocycles. The summed E-state index contributed by atoms with van der Waals surface area (Å²) in [5.74, 6) is -0.0579. The van der Waals surface area contributed by atoms with Gasteiger partial charge < -0.3 is 5.11 Å². The van der Waals surface area contributed by atoms with E-state index in [-0.39, 0.29) is 12.4 Å². The summed E-state index contributed by atoms with van der Waals surface area (Å²) in [6.07, 6.45) is 0. The van der Waals surface area contributed by atoms with Crippen LogP contribution in [0.5, 0.6) is 0 Å². The lowest BCUT2D eigenvalue weighted by molar-refractivity contribution is 0.265. The lowest BCUT2D eigenvalue weighted by Crippen LogP contribution is -2.35. The van der Waals surface area contributed by atoms with Crippen LogP contribution in [0.2, 0.25) is 0 Å². The van der Waals surface area contributed by atoms with Crippen LogP contribution in [0.3, 0.4) is 0 Å². The molecule has 0 spiro atoms. The first-order chi connectivity index (χ1) is 7.43.